The molecule has 3 aromatic rings. The first-order chi connectivity index (χ1) is 15.6. The van der Waals surface area contributed by atoms with Gasteiger partial charge in [-0.2, -0.15) is 0 Å². The number of fused-ring (bicyclic) bond motifs is 1. The molecule has 1 aromatic heterocycles. The summed E-state index contributed by atoms with van der Waals surface area (Å²) in [6.07, 6.45) is 2.06. The third-order valence-corrected chi connectivity index (χ3v) is 6.80. The van der Waals surface area contributed by atoms with Crippen LogP contribution >= 0.6 is 11.6 Å². The van der Waals surface area contributed by atoms with Crippen molar-refractivity contribution in [2.75, 3.05) is 23.3 Å². The summed E-state index contributed by atoms with van der Waals surface area (Å²) < 4.78 is 6.34. The quantitative estimate of drug-likeness (QED) is 0.460. The molecule has 2 heterocycles. The molecule has 33 heavy (non-hydrogen) atoms. The number of rotatable bonds is 5. The number of carbonyl (C=O) groups is 1. The molecule has 1 fully saturated rings. The summed E-state index contributed by atoms with van der Waals surface area (Å²) in [6.45, 7) is 10.0. The molecule has 1 aliphatic heterocycles. The number of aromatic carboxylic acids is 1. The Kier molecular flexibility index (Phi) is 6.14. The number of nitrogens with one attached hydrogen (secondary N) is 1. The topological polar surface area (TPSA) is 82.8 Å². The fourth-order valence-corrected chi connectivity index (χ4v) is 4.66. The lowest BCUT2D eigenvalue weighted by Crippen LogP contribution is -2.37. The van der Waals surface area contributed by atoms with Gasteiger partial charge >= 0.3 is 5.97 Å². The Morgan fingerprint density at radius 1 is 1.21 bits per heavy atom. The van der Waals surface area contributed by atoms with Crippen molar-refractivity contribution in [3.8, 4) is 0 Å². The number of carboxylic acids is 1. The van der Waals surface area contributed by atoms with Gasteiger partial charge in [0.25, 0.3) is 0 Å². The van der Waals surface area contributed by atoms with E-state index in [9.17, 15) is 14.7 Å². The molecule has 7 heteroatoms. The number of nitrogens with zero attached hydrogens (tertiary/aromatic N) is 1. The Morgan fingerprint density at radius 2 is 1.91 bits per heavy atom. The minimum absolute atomic E-state index is 0.0149. The second kappa shape index (κ2) is 8.75. The van der Waals surface area contributed by atoms with Gasteiger partial charge in [-0.15, -0.1) is 0 Å². The van der Waals surface area contributed by atoms with Crippen molar-refractivity contribution >= 4 is 40.1 Å². The maximum Gasteiger partial charge on any atom is 0.339 e. The first kappa shape index (κ1) is 23.2. The number of hydrogen-bond acceptors (Lipinski definition) is 5. The van der Waals surface area contributed by atoms with Crippen LogP contribution in [0.25, 0.3) is 11.0 Å². The van der Waals surface area contributed by atoms with Crippen molar-refractivity contribution < 1.29 is 14.3 Å². The summed E-state index contributed by atoms with van der Waals surface area (Å²) in [7, 11) is 0. The molecule has 0 spiro atoms. The molecule has 1 saturated heterocycles. The number of carboxylic acid groups (broad SMARTS) is 1. The second-order valence-corrected chi connectivity index (χ2v) is 10.1. The predicted octanol–water partition coefficient (Wildman–Crippen LogP) is 6.25. The van der Waals surface area contributed by atoms with Crippen LogP contribution in [0.4, 0.5) is 11.6 Å². The van der Waals surface area contributed by atoms with Crippen molar-refractivity contribution in [2.24, 2.45) is 5.41 Å². The largest absolute Gasteiger partial charge is 0.478 e. The third kappa shape index (κ3) is 4.71. The number of anilines is 2. The molecular formula is C26H29ClN2O4. The van der Waals surface area contributed by atoms with Crippen molar-refractivity contribution in [1.82, 2.24) is 0 Å². The summed E-state index contributed by atoms with van der Waals surface area (Å²) in [5.74, 6) is -0.527. The highest BCUT2D eigenvalue weighted by Crippen LogP contribution is 2.35. The zero-order valence-electron chi connectivity index (χ0n) is 19.4. The molecule has 0 unspecified atom stereocenters. The summed E-state index contributed by atoms with van der Waals surface area (Å²) in [4.78, 5) is 26.9. The van der Waals surface area contributed by atoms with Crippen LogP contribution in [0.15, 0.2) is 45.6 Å². The number of benzene rings is 2. The summed E-state index contributed by atoms with van der Waals surface area (Å²) in [5.41, 5.74) is 2.87. The normalized spacial score (nSPS) is 16.6. The van der Waals surface area contributed by atoms with Crippen molar-refractivity contribution in [3.05, 3.63) is 68.3 Å². The van der Waals surface area contributed by atoms with Crippen LogP contribution in [-0.4, -0.2) is 24.2 Å². The molecule has 1 aliphatic rings. The molecule has 2 N–H and O–H groups in total. The Balaban J connectivity index is 1.76. The standard InChI is InChI=1S/C26H29ClN2O4/c1-15-12-17(16(2)28-20-7-5-6-19(27)23(20)25(31)32)24-18(13-15)21(30)14-22(33-24)29-10-8-26(3,4)9-11-29/h5-7,12-14,16,28H,8-11H2,1-4H3,(H,31,32)/t16-/m1/s1. The molecule has 6 nitrogen and oxygen atoms in total. The van der Waals surface area contributed by atoms with Crippen LogP contribution in [0.3, 0.4) is 0 Å². The highest BCUT2D eigenvalue weighted by Gasteiger charge is 2.27. The SMILES string of the molecule is Cc1cc([C@@H](C)Nc2cccc(Cl)c2C(=O)O)c2oc(N3CCC(C)(C)CC3)cc(=O)c2c1. The van der Waals surface area contributed by atoms with E-state index in [1.807, 2.05) is 26.0 Å². The molecule has 0 amide bonds. The summed E-state index contributed by atoms with van der Waals surface area (Å²) in [6, 6.07) is 9.99. The minimum Gasteiger partial charge on any atom is -0.478 e. The van der Waals surface area contributed by atoms with E-state index < -0.39 is 5.97 Å². The monoisotopic (exact) mass is 468 g/mol. The lowest BCUT2D eigenvalue weighted by molar-refractivity contribution is 0.0698. The average molecular weight is 469 g/mol. The number of hydrogen-bond donors (Lipinski definition) is 2. The Labute approximate surface area is 198 Å². The molecule has 0 bridgehead atoms. The second-order valence-electron chi connectivity index (χ2n) is 9.66. The summed E-state index contributed by atoms with van der Waals surface area (Å²) in [5, 5.41) is 13.5. The highest BCUT2D eigenvalue weighted by molar-refractivity contribution is 6.34. The molecular weight excluding hydrogens is 440 g/mol. The van der Waals surface area contributed by atoms with Crippen molar-refractivity contribution in [2.45, 2.75) is 46.6 Å². The lowest BCUT2D eigenvalue weighted by Gasteiger charge is -2.37. The van der Waals surface area contributed by atoms with Gasteiger partial charge in [0.1, 0.15) is 11.1 Å². The molecule has 1 atom stereocenters. The minimum atomic E-state index is -1.11. The van der Waals surface area contributed by atoms with E-state index in [2.05, 4.69) is 24.1 Å². The fourth-order valence-electron chi connectivity index (χ4n) is 4.40. The van der Waals surface area contributed by atoms with Gasteiger partial charge in [0, 0.05) is 24.7 Å². The van der Waals surface area contributed by atoms with E-state index in [0.29, 0.717) is 22.5 Å². The Hall–Kier alpha value is -2.99. The van der Waals surface area contributed by atoms with E-state index in [1.165, 1.54) is 0 Å². The van der Waals surface area contributed by atoms with Crippen molar-refractivity contribution in [1.29, 1.82) is 0 Å². The van der Waals surface area contributed by atoms with Gasteiger partial charge in [0.2, 0.25) is 0 Å². The van der Waals surface area contributed by atoms with Crippen LogP contribution in [0.2, 0.25) is 5.02 Å². The molecule has 0 radical (unpaired) electrons. The number of aryl methyl sites for hydroxylation is 1. The first-order valence-corrected chi connectivity index (χ1v) is 11.6. The van der Waals surface area contributed by atoms with Gasteiger partial charge in [-0.05, 0) is 55.9 Å². The highest BCUT2D eigenvalue weighted by atomic mass is 35.5. The van der Waals surface area contributed by atoms with Crippen LogP contribution in [0.1, 0.15) is 61.1 Å². The zero-order valence-corrected chi connectivity index (χ0v) is 20.1. The molecule has 0 aliphatic carbocycles. The number of piperidine rings is 1. The summed E-state index contributed by atoms with van der Waals surface area (Å²) >= 11 is 6.14. The maximum atomic E-state index is 13.0. The predicted molar refractivity (Wildman–Crippen MR) is 133 cm³/mol. The third-order valence-electron chi connectivity index (χ3n) is 6.48. The fraction of sp³-hybridized carbons (Fsp3) is 0.385. The zero-order chi connectivity index (χ0) is 23.9. The molecule has 174 valence electrons. The van der Waals surface area contributed by atoms with E-state index in [-0.39, 0.29) is 27.5 Å². The first-order valence-electron chi connectivity index (χ1n) is 11.2. The molecule has 0 saturated carbocycles. The van der Waals surface area contributed by atoms with Gasteiger partial charge in [-0.1, -0.05) is 37.6 Å². The Bertz CT molecular complexity index is 1270. The van der Waals surface area contributed by atoms with Gasteiger partial charge in [0.15, 0.2) is 11.3 Å². The van der Waals surface area contributed by atoms with Crippen LogP contribution in [-0.2, 0) is 0 Å². The van der Waals surface area contributed by atoms with Crippen LogP contribution in [0.5, 0.6) is 0 Å². The lowest BCUT2D eigenvalue weighted by atomic mass is 9.83. The van der Waals surface area contributed by atoms with E-state index in [0.717, 1.165) is 37.1 Å². The van der Waals surface area contributed by atoms with Gasteiger partial charge < -0.3 is 19.7 Å². The van der Waals surface area contributed by atoms with Gasteiger partial charge in [-0.25, -0.2) is 4.79 Å². The van der Waals surface area contributed by atoms with E-state index >= 15 is 0 Å². The average Bonchev–Trinajstić information content (AvgIpc) is 2.73. The molecule has 4 rings (SSSR count). The van der Waals surface area contributed by atoms with E-state index in [4.69, 9.17) is 16.0 Å². The van der Waals surface area contributed by atoms with Crippen LogP contribution in [0, 0.1) is 12.3 Å². The van der Waals surface area contributed by atoms with E-state index in [1.54, 1.807) is 24.3 Å². The van der Waals surface area contributed by atoms with Crippen molar-refractivity contribution in [3.63, 3.8) is 0 Å². The maximum absolute atomic E-state index is 13.0. The number of halogens is 1. The smallest absolute Gasteiger partial charge is 0.339 e. The van der Waals surface area contributed by atoms with Gasteiger partial charge in [-0.3, -0.25) is 4.79 Å². The van der Waals surface area contributed by atoms with Gasteiger partial charge in [0.05, 0.1) is 22.1 Å². The Morgan fingerprint density at radius 3 is 2.58 bits per heavy atom. The molecule has 2 aromatic carbocycles. The van der Waals surface area contributed by atoms with Crippen LogP contribution < -0.4 is 15.6 Å².